The summed E-state index contributed by atoms with van der Waals surface area (Å²) in [6.07, 6.45) is 1.33. The molecular weight excluding hydrogens is 144 g/mol. The van der Waals surface area contributed by atoms with Gasteiger partial charge in [0.15, 0.2) is 0 Å². The molecule has 0 atom stereocenters. The average molecular weight is 155 g/mol. The minimum Gasteiger partial charge on any atom is -0.481 e. The Morgan fingerprint density at radius 3 is 2.22 bits per heavy atom. The molecular formula is C5H11ClO3. The van der Waals surface area contributed by atoms with Gasteiger partial charge < -0.3 is 10.2 Å². The third-order valence-electron chi connectivity index (χ3n) is 0.799. The summed E-state index contributed by atoms with van der Waals surface area (Å²) in [4.78, 5) is 9.79. The van der Waals surface area contributed by atoms with E-state index < -0.39 is 5.97 Å². The molecule has 0 rings (SSSR count). The van der Waals surface area contributed by atoms with Crippen molar-refractivity contribution >= 4 is 18.4 Å². The zero-order chi connectivity index (χ0) is 6.41. The van der Waals surface area contributed by atoms with Crippen LogP contribution in [0.1, 0.15) is 19.3 Å². The fourth-order valence-electron chi connectivity index (χ4n) is 0.388. The first-order valence-electron chi connectivity index (χ1n) is 2.60. The molecule has 0 unspecified atom stereocenters. The highest BCUT2D eigenvalue weighted by Gasteiger charge is 1.93. The largest absolute Gasteiger partial charge is 0.481 e. The van der Waals surface area contributed by atoms with Crippen molar-refractivity contribution in [3.8, 4) is 0 Å². The molecule has 0 saturated carbocycles. The number of rotatable bonds is 4. The highest BCUT2D eigenvalue weighted by atomic mass is 35.5. The van der Waals surface area contributed by atoms with Crippen molar-refractivity contribution in [3.63, 3.8) is 0 Å². The lowest BCUT2D eigenvalue weighted by Gasteiger charge is -1.89. The van der Waals surface area contributed by atoms with E-state index in [2.05, 4.69) is 0 Å². The summed E-state index contributed by atoms with van der Waals surface area (Å²) in [5, 5.41) is 16.2. The Bertz CT molecular complexity index is 74.6. The normalized spacial score (nSPS) is 8.11. The van der Waals surface area contributed by atoms with Crippen molar-refractivity contribution in [2.45, 2.75) is 19.3 Å². The molecule has 0 aliphatic rings. The van der Waals surface area contributed by atoms with Crippen LogP contribution in [0.25, 0.3) is 0 Å². The Morgan fingerprint density at radius 2 is 1.89 bits per heavy atom. The van der Waals surface area contributed by atoms with Gasteiger partial charge in [0.05, 0.1) is 0 Å². The SMILES string of the molecule is Cl.O=C(O)CCCCO. The molecule has 0 heterocycles. The Balaban J connectivity index is 0. The smallest absolute Gasteiger partial charge is 0.303 e. The van der Waals surface area contributed by atoms with Crippen LogP contribution in [0.15, 0.2) is 0 Å². The summed E-state index contributed by atoms with van der Waals surface area (Å²) in [7, 11) is 0. The summed E-state index contributed by atoms with van der Waals surface area (Å²) in [5.74, 6) is -0.793. The molecule has 56 valence electrons. The van der Waals surface area contributed by atoms with E-state index in [1.54, 1.807) is 0 Å². The molecule has 0 aromatic heterocycles. The quantitative estimate of drug-likeness (QED) is 0.585. The Hall–Kier alpha value is -0.280. The number of halogens is 1. The van der Waals surface area contributed by atoms with E-state index in [1.165, 1.54) is 0 Å². The third kappa shape index (κ3) is 11.3. The number of aliphatic hydroxyl groups is 1. The summed E-state index contributed by atoms with van der Waals surface area (Å²) in [6.45, 7) is 0.0906. The van der Waals surface area contributed by atoms with Crippen LogP contribution in [0.2, 0.25) is 0 Å². The van der Waals surface area contributed by atoms with Crippen molar-refractivity contribution in [1.29, 1.82) is 0 Å². The fraction of sp³-hybridized carbons (Fsp3) is 0.800. The van der Waals surface area contributed by atoms with Gasteiger partial charge in [0.25, 0.3) is 0 Å². The maximum absolute atomic E-state index is 9.79. The van der Waals surface area contributed by atoms with Crippen LogP contribution in [0, 0.1) is 0 Å². The van der Waals surface area contributed by atoms with Crippen LogP contribution in [0.5, 0.6) is 0 Å². The maximum atomic E-state index is 9.79. The van der Waals surface area contributed by atoms with Gasteiger partial charge in [-0.2, -0.15) is 0 Å². The van der Waals surface area contributed by atoms with Crippen molar-refractivity contribution in [3.05, 3.63) is 0 Å². The number of hydrogen-bond acceptors (Lipinski definition) is 2. The summed E-state index contributed by atoms with van der Waals surface area (Å²) >= 11 is 0. The van der Waals surface area contributed by atoms with Gasteiger partial charge in [-0.05, 0) is 12.8 Å². The molecule has 2 N–H and O–H groups in total. The first-order chi connectivity index (χ1) is 3.77. The lowest BCUT2D eigenvalue weighted by Crippen LogP contribution is -1.94. The van der Waals surface area contributed by atoms with Crippen LogP contribution in [0.3, 0.4) is 0 Å². The molecule has 0 radical (unpaired) electrons. The Morgan fingerprint density at radius 1 is 1.33 bits per heavy atom. The van der Waals surface area contributed by atoms with Gasteiger partial charge in [0, 0.05) is 13.0 Å². The van der Waals surface area contributed by atoms with E-state index in [4.69, 9.17) is 10.2 Å². The number of aliphatic carboxylic acids is 1. The lowest BCUT2D eigenvalue weighted by atomic mass is 10.2. The lowest BCUT2D eigenvalue weighted by molar-refractivity contribution is -0.137. The van der Waals surface area contributed by atoms with Crippen LogP contribution in [-0.2, 0) is 4.79 Å². The number of unbranched alkanes of at least 4 members (excludes halogenated alkanes) is 1. The predicted molar refractivity (Wildman–Crippen MR) is 35.8 cm³/mol. The molecule has 0 saturated heterocycles. The number of carbonyl (C=O) groups is 1. The molecule has 0 aliphatic heterocycles. The van der Waals surface area contributed by atoms with Crippen LogP contribution in [-0.4, -0.2) is 22.8 Å². The first-order valence-corrected chi connectivity index (χ1v) is 2.60. The van der Waals surface area contributed by atoms with Gasteiger partial charge in [0.2, 0.25) is 0 Å². The monoisotopic (exact) mass is 154 g/mol. The molecule has 9 heavy (non-hydrogen) atoms. The fourth-order valence-corrected chi connectivity index (χ4v) is 0.388. The molecule has 0 amide bonds. The van der Waals surface area contributed by atoms with Crippen molar-refractivity contribution in [1.82, 2.24) is 0 Å². The number of carboxylic acids is 1. The van der Waals surface area contributed by atoms with Crippen LogP contribution in [0.4, 0.5) is 0 Å². The van der Waals surface area contributed by atoms with Gasteiger partial charge in [0.1, 0.15) is 0 Å². The van der Waals surface area contributed by atoms with Crippen molar-refractivity contribution in [2.75, 3.05) is 6.61 Å². The molecule has 4 heteroatoms. The molecule has 0 aromatic carbocycles. The highest BCUT2D eigenvalue weighted by Crippen LogP contribution is 1.92. The molecule has 3 nitrogen and oxygen atoms in total. The van der Waals surface area contributed by atoms with Crippen molar-refractivity contribution in [2.24, 2.45) is 0 Å². The minimum absolute atomic E-state index is 0. The Kier molecular flexibility index (Phi) is 9.87. The summed E-state index contributed by atoms with van der Waals surface area (Å²) < 4.78 is 0. The highest BCUT2D eigenvalue weighted by molar-refractivity contribution is 5.85. The zero-order valence-electron chi connectivity index (χ0n) is 5.04. The van der Waals surface area contributed by atoms with Gasteiger partial charge in [-0.25, -0.2) is 0 Å². The van der Waals surface area contributed by atoms with Crippen molar-refractivity contribution < 1.29 is 15.0 Å². The molecule has 0 bridgehead atoms. The topological polar surface area (TPSA) is 57.5 Å². The second-order valence-electron chi connectivity index (χ2n) is 1.57. The predicted octanol–water partition coefficient (Wildman–Crippen LogP) is 0.655. The second-order valence-corrected chi connectivity index (χ2v) is 1.57. The summed E-state index contributed by atoms with van der Waals surface area (Å²) in [5.41, 5.74) is 0. The minimum atomic E-state index is -0.793. The van der Waals surface area contributed by atoms with Gasteiger partial charge >= 0.3 is 5.97 Å². The van der Waals surface area contributed by atoms with Gasteiger partial charge in [-0.1, -0.05) is 0 Å². The van der Waals surface area contributed by atoms with Gasteiger partial charge in [-0.15, -0.1) is 12.4 Å². The standard InChI is InChI=1S/C5H10O3.ClH/c6-4-2-1-3-5(7)8;/h6H,1-4H2,(H,7,8);1H. The van der Waals surface area contributed by atoms with E-state index >= 15 is 0 Å². The van der Waals surface area contributed by atoms with Crippen LogP contribution >= 0.6 is 12.4 Å². The van der Waals surface area contributed by atoms with E-state index in [9.17, 15) is 4.79 Å². The van der Waals surface area contributed by atoms with E-state index in [-0.39, 0.29) is 25.4 Å². The second kappa shape index (κ2) is 7.72. The van der Waals surface area contributed by atoms with E-state index in [0.29, 0.717) is 12.8 Å². The molecule has 0 aromatic rings. The third-order valence-corrected chi connectivity index (χ3v) is 0.799. The number of hydrogen-bond donors (Lipinski definition) is 2. The zero-order valence-corrected chi connectivity index (χ0v) is 5.86. The maximum Gasteiger partial charge on any atom is 0.303 e. The first kappa shape index (κ1) is 11.5. The Labute approximate surface area is 60.1 Å². The van der Waals surface area contributed by atoms with E-state index in [1.807, 2.05) is 0 Å². The molecule has 0 fully saturated rings. The summed E-state index contributed by atoms with van der Waals surface area (Å²) in [6, 6.07) is 0. The van der Waals surface area contributed by atoms with E-state index in [0.717, 1.165) is 0 Å². The van der Waals surface area contributed by atoms with Gasteiger partial charge in [-0.3, -0.25) is 4.79 Å². The number of carboxylic acid groups (broad SMARTS) is 1. The average Bonchev–Trinajstić information content (AvgIpc) is 1.66. The van der Waals surface area contributed by atoms with Crippen LogP contribution < -0.4 is 0 Å². The molecule has 0 aliphatic carbocycles. The number of aliphatic hydroxyl groups excluding tert-OH is 1. The molecule has 0 spiro atoms.